The second-order valence-corrected chi connectivity index (χ2v) is 6.15. The topological polar surface area (TPSA) is 83.1 Å². The predicted molar refractivity (Wildman–Crippen MR) is 112 cm³/mol. The van der Waals surface area contributed by atoms with Crippen molar-refractivity contribution < 1.29 is 9.59 Å². The molecule has 0 atom stereocenters. The molecule has 0 radical (unpaired) electrons. The number of nitrogens with zero attached hydrogens (tertiary/aromatic N) is 1. The molecule has 0 spiro atoms. The van der Waals surface area contributed by atoms with Gasteiger partial charge in [0.05, 0.1) is 6.54 Å². The number of benzene rings is 2. The van der Waals surface area contributed by atoms with Gasteiger partial charge in [0.15, 0.2) is 0 Å². The molecule has 0 aliphatic rings. The molecule has 6 nitrogen and oxygen atoms in total. The van der Waals surface area contributed by atoms with E-state index in [1.54, 1.807) is 60.9 Å². The minimum Gasteiger partial charge on any atom is -0.325 e. The molecular formula is C23H20N4O2. The summed E-state index contributed by atoms with van der Waals surface area (Å²) < 4.78 is 0. The first-order chi connectivity index (χ1) is 14.2. The lowest BCUT2D eigenvalue weighted by molar-refractivity contribution is -0.115. The van der Waals surface area contributed by atoms with Crippen LogP contribution in [0.4, 0.5) is 5.69 Å². The number of aromatic nitrogens is 1. The molecule has 0 saturated carbocycles. The highest BCUT2D eigenvalue weighted by molar-refractivity contribution is 5.95. The Hall–Kier alpha value is -3.95. The molecule has 0 bridgehead atoms. The summed E-state index contributed by atoms with van der Waals surface area (Å²) in [6.45, 7) is 0.800. The lowest BCUT2D eigenvalue weighted by Crippen LogP contribution is -2.27. The van der Waals surface area contributed by atoms with Gasteiger partial charge < -0.3 is 10.6 Å². The van der Waals surface area contributed by atoms with E-state index in [0.717, 1.165) is 11.1 Å². The normalized spacial score (nSPS) is 9.79. The first-order valence-electron chi connectivity index (χ1n) is 9.06. The maximum absolute atomic E-state index is 12.0. The molecule has 1 heterocycles. The number of pyridine rings is 1. The minimum atomic E-state index is -0.249. The van der Waals surface area contributed by atoms with Gasteiger partial charge in [-0.2, -0.15) is 0 Å². The van der Waals surface area contributed by atoms with Crippen LogP contribution in [0.1, 0.15) is 21.5 Å². The fraction of sp³-hybridized carbons (Fsp3) is 0.0870. The molecule has 0 unspecified atom stereocenters. The summed E-state index contributed by atoms with van der Waals surface area (Å²) in [4.78, 5) is 27.9. The van der Waals surface area contributed by atoms with Crippen LogP contribution < -0.4 is 16.0 Å². The molecule has 144 valence electrons. The van der Waals surface area contributed by atoms with Crippen LogP contribution >= 0.6 is 0 Å². The molecule has 3 rings (SSSR count). The molecule has 0 aliphatic carbocycles. The van der Waals surface area contributed by atoms with Crippen molar-refractivity contribution in [2.45, 2.75) is 6.54 Å². The van der Waals surface area contributed by atoms with Gasteiger partial charge in [0, 0.05) is 41.8 Å². The number of amides is 2. The summed E-state index contributed by atoms with van der Waals surface area (Å²) in [5, 5.41) is 8.45. The number of nitrogens with one attached hydrogen (secondary N) is 3. The second kappa shape index (κ2) is 10.4. The van der Waals surface area contributed by atoms with Crippen molar-refractivity contribution in [3.63, 3.8) is 0 Å². The Morgan fingerprint density at radius 1 is 0.897 bits per heavy atom. The first-order valence-corrected chi connectivity index (χ1v) is 9.06. The van der Waals surface area contributed by atoms with Gasteiger partial charge >= 0.3 is 0 Å². The second-order valence-electron chi connectivity index (χ2n) is 6.15. The Balaban J connectivity index is 1.44. The number of hydrogen-bond acceptors (Lipinski definition) is 4. The fourth-order valence-corrected chi connectivity index (χ4v) is 2.48. The van der Waals surface area contributed by atoms with Gasteiger partial charge in [0.2, 0.25) is 5.91 Å². The lowest BCUT2D eigenvalue weighted by atomic mass is 10.2. The van der Waals surface area contributed by atoms with Crippen LogP contribution in [0.15, 0.2) is 79.1 Å². The van der Waals surface area contributed by atoms with Crippen molar-refractivity contribution in [3.8, 4) is 12.0 Å². The van der Waals surface area contributed by atoms with Gasteiger partial charge in [0.1, 0.15) is 0 Å². The molecule has 1 aromatic heterocycles. The highest BCUT2D eigenvalue weighted by Gasteiger charge is 2.03. The van der Waals surface area contributed by atoms with Gasteiger partial charge in [-0.05, 0) is 60.0 Å². The van der Waals surface area contributed by atoms with Crippen LogP contribution in [0.5, 0.6) is 0 Å². The number of carbonyl (C=O) groups is 2. The zero-order valence-corrected chi connectivity index (χ0v) is 15.7. The SMILES string of the molecule is O=C(CNCc1ccncc1)Nc1ccc(C#CNC(=O)c2ccccc2)cc1. The van der Waals surface area contributed by atoms with Crippen molar-refractivity contribution in [3.05, 3.63) is 95.8 Å². The van der Waals surface area contributed by atoms with Crippen LogP contribution in [0, 0.1) is 12.0 Å². The van der Waals surface area contributed by atoms with Crippen LogP contribution in [0.2, 0.25) is 0 Å². The summed E-state index contributed by atoms with van der Waals surface area (Å²) in [5.74, 6) is 2.49. The van der Waals surface area contributed by atoms with Gasteiger partial charge in [-0.3, -0.25) is 19.9 Å². The van der Waals surface area contributed by atoms with Crippen LogP contribution in [-0.2, 0) is 11.3 Å². The third-order valence-electron chi connectivity index (χ3n) is 3.95. The Kier molecular flexibility index (Phi) is 7.10. The smallest absolute Gasteiger partial charge is 0.262 e. The third kappa shape index (κ3) is 6.61. The Bertz CT molecular complexity index is 1010. The molecule has 2 amide bonds. The molecule has 0 aliphatic heterocycles. The quantitative estimate of drug-likeness (QED) is 0.451. The highest BCUT2D eigenvalue weighted by Crippen LogP contribution is 2.08. The zero-order chi connectivity index (χ0) is 20.3. The first kappa shape index (κ1) is 19.8. The standard InChI is InChI=1S/C23H20N4O2/c28-22(17-25-16-19-10-13-24-14-11-19)27-21-8-6-18(7-9-21)12-15-26-23(29)20-4-2-1-3-5-20/h1-11,13-14,25H,16-17H2,(H,26,29)(H,27,28). The average molecular weight is 384 g/mol. The summed E-state index contributed by atoms with van der Waals surface area (Å²) in [7, 11) is 0. The Morgan fingerprint density at radius 3 is 2.34 bits per heavy atom. The molecule has 3 aromatic rings. The van der Waals surface area contributed by atoms with E-state index in [9.17, 15) is 9.59 Å². The highest BCUT2D eigenvalue weighted by atomic mass is 16.2. The van der Waals surface area contributed by atoms with E-state index >= 15 is 0 Å². The summed E-state index contributed by atoms with van der Waals surface area (Å²) >= 11 is 0. The zero-order valence-electron chi connectivity index (χ0n) is 15.7. The summed E-state index contributed by atoms with van der Waals surface area (Å²) in [5.41, 5.74) is 3.03. The number of rotatable bonds is 6. The minimum absolute atomic E-state index is 0.131. The maximum atomic E-state index is 12.0. The molecule has 3 N–H and O–H groups in total. The lowest BCUT2D eigenvalue weighted by Gasteiger charge is -2.07. The summed E-state index contributed by atoms with van der Waals surface area (Å²) in [6.07, 6.45) is 3.43. The number of carbonyl (C=O) groups excluding carboxylic acids is 2. The molecule has 6 heteroatoms. The fourth-order valence-electron chi connectivity index (χ4n) is 2.48. The number of hydrogen-bond donors (Lipinski definition) is 3. The van der Waals surface area contributed by atoms with Crippen molar-refractivity contribution in [2.75, 3.05) is 11.9 Å². The molecule has 0 fully saturated rings. The van der Waals surface area contributed by atoms with Crippen molar-refractivity contribution in [1.29, 1.82) is 0 Å². The van der Waals surface area contributed by atoms with E-state index in [2.05, 4.69) is 32.9 Å². The third-order valence-corrected chi connectivity index (χ3v) is 3.95. The van der Waals surface area contributed by atoms with E-state index in [0.29, 0.717) is 17.8 Å². The van der Waals surface area contributed by atoms with Gasteiger partial charge in [-0.15, -0.1) is 0 Å². The van der Waals surface area contributed by atoms with Gasteiger partial charge in [0.25, 0.3) is 5.91 Å². The monoisotopic (exact) mass is 384 g/mol. The van der Waals surface area contributed by atoms with Crippen molar-refractivity contribution in [2.24, 2.45) is 0 Å². The van der Waals surface area contributed by atoms with Crippen LogP contribution in [0.3, 0.4) is 0 Å². The van der Waals surface area contributed by atoms with E-state index in [1.807, 2.05) is 18.2 Å². The van der Waals surface area contributed by atoms with Crippen LogP contribution in [0.25, 0.3) is 0 Å². The maximum Gasteiger partial charge on any atom is 0.262 e. The summed E-state index contributed by atoms with van der Waals surface area (Å²) in [6, 6.07) is 22.4. The van der Waals surface area contributed by atoms with Crippen molar-refractivity contribution in [1.82, 2.24) is 15.6 Å². The van der Waals surface area contributed by atoms with E-state index in [4.69, 9.17) is 0 Å². The Morgan fingerprint density at radius 2 is 1.62 bits per heavy atom. The van der Waals surface area contributed by atoms with E-state index in [-0.39, 0.29) is 18.4 Å². The molecule has 0 saturated heterocycles. The molecule has 29 heavy (non-hydrogen) atoms. The molecular weight excluding hydrogens is 364 g/mol. The van der Waals surface area contributed by atoms with E-state index in [1.165, 1.54) is 0 Å². The predicted octanol–water partition coefficient (Wildman–Crippen LogP) is 2.55. The number of anilines is 1. The van der Waals surface area contributed by atoms with Gasteiger partial charge in [-0.1, -0.05) is 18.2 Å². The van der Waals surface area contributed by atoms with E-state index < -0.39 is 0 Å². The Labute approximate surface area is 169 Å². The largest absolute Gasteiger partial charge is 0.325 e. The van der Waals surface area contributed by atoms with Crippen molar-refractivity contribution >= 4 is 17.5 Å². The molecule has 2 aromatic carbocycles. The van der Waals surface area contributed by atoms with Gasteiger partial charge in [-0.25, -0.2) is 0 Å². The van der Waals surface area contributed by atoms with Crippen LogP contribution in [-0.4, -0.2) is 23.3 Å². The average Bonchev–Trinajstić information content (AvgIpc) is 2.76.